The predicted molar refractivity (Wildman–Crippen MR) is 86.5 cm³/mol. The summed E-state index contributed by atoms with van der Waals surface area (Å²) in [5, 5.41) is 2.87. The summed E-state index contributed by atoms with van der Waals surface area (Å²) in [5.74, 6) is 0.598. The Kier molecular flexibility index (Phi) is 5.16. The van der Waals surface area contributed by atoms with Crippen LogP contribution in [0.5, 0.6) is 5.75 Å². The monoisotopic (exact) mass is 281 g/mol. The summed E-state index contributed by atoms with van der Waals surface area (Å²) in [7, 11) is 0. The number of hydrogen-bond donors (Lipinski definition) is 1. The van der Waals surface area contributed by atoms with Crippen LogP contribution in [0.4, 0.5) is 5.69 Å². The molecule has 0 atom stereocenters. The second-order valence-corrected chi connectivity index (χ2v) is 4.64. The lowest BCUT2D eigenvalue weighted by atomic mass is 10.2. The molecule has 0 fully saturated rings. The fourth-order valence-corrected chi connectivity index (χ4v) is 1.90. The third-order valence-electron chi connectivity index (χ3n) is 3.00. The molecule has 1 amide bonds. The van der Waals surface area contributed by atoms with Gasteiger partial charge < -0.3 is 10.1 Å². The third-order valence-corrected chi connectivity index (χ3v) is 3.00. The van der Waals surface area contributed by atoms with Crippen LogP contribution in [0.15, 0.2) is 54.6 Å². The number of amides is 1. The predicted octanol–water partition coefficient (Wildman–Crippen LogP) is 4.05. The Morgan fingerprint density at radius 3 is 2.67 bits per heavy atom. The van der Waals surface area contributed by atoms with Crippen LogP contribution in [-0.2, 0) is 4.79 Å². The smallest absolute Gasteiger partial charge is 0.248 e. The lowest BCUT2D eigenvalue weighted by Crippen LogP contribution is -2.09. The van der Waals surface area contributed by atoms with E-state index in [4.69, 9.17) is 4.74 Å². The summed E-state index contributed by atoms with van der Waals surface area (Å²) in [4.78, 5) is 12.0. The summed E-state index contributed by atoms with van der Waals surface area (Å²) in [6.07, 6.45) is 3.32. The molecule has 0 spiro atoms. The van der Waals surface area contributed by atoms with Gasteiger partial charge in [-0.05, 0) is 37.1 Å². The first-order valence-corrected chi connectivity index (χ1v) is 6.96. The van der Waals surface area contributed by atoms with Gasteiger partial charge in [-0.2, -0.15) is 0 Å². The van der Waals surface area contributed by atoms with E-state index in [-0.39, 0.29) is 5.91 Å². The number of rotatable bonds is 5. The van der Waals surface area contributed by atoms with Gasteiger partial charge in [-0.1, -0.05) is 36.4 Å². The summed E-state index contributed by atoms with van der Waals surface area (Å²) in [5.41, 5.74) is 2.76. The standard InChI is InChI=1S/C18H19NO2/c1-3-21-16-11-9-14(2)17(13-16)19-18(20)12-10-15-7-5-4-6-8-15/h4-13H,3H2,1-2H3,(H,19,20). The van der Waals surface area contributed by atoms with Crippen LogP contribution in [0.25, 0.3) is 6.08 Å². The second kappa shape index (κ2) is 7.29. The molecule has 0 unspecified atom stereocenters. The summed E-state index contributed by atoms with van der Waals surface area (Å²) >= 11 is 0. The zero-order valence-corrected chi connectivity index (χ0v) is 12.3. The molecule has 0 bridgehead atoms. The van der Waals surface area contributed by atoms with Gasteiger partial charge in [-0.25, -0.2) is 0 Å². The molecule has 0 radical (unpaired) electrons. The van der Waals surface area contributed by atoms with E-state index >= 15 is 0 Å². The fraction of sp³-hybridized carbons (Fsp3) is 0.167. The number of hydrogen-bond acceptors (Lipinski definition) is 2. The zero-order chi connectivity index (χ0) is 15.1. The SMILES string of the molecule is CCOc1ccc(C)c(NC(=O)C=Cc2ccccc2)c1. The van der Waals surface area contributed by atoms with Crippen LogP contribution >= 0.6 is 0 Å². The van der Waals surface area contributed by atoms with E-state index in [0.29, 0.717) is 6.61 Å². The van der Waals surface area contributed by atoms with E-state index in [0.717, 1.165) is 22.6 Å². The van der Waals surface area contributed by atoms with Crippen molar-refractivity contribution in [1.82, 2.24) is 0 Å². The molecule has 0 saturated heterocycles. The molecule has 0 aliphatic carbocycles. The Morgan fingerprint density at radius 1 is 1.19 bits per heavy atom. The molecule has 3 nitrogen and oxygen atoms in total. The highest BCUT2D eigenvalue weighted by Gasteiger charge is 2.04. The number of benzene rings is 2. The van der Waals surface area contributed by atoms with E-state index in [9.17, 15) is 4.79 Å². The molecule has 0 aliphatic heterocycles. The number of ether oxygens (including phenoxy) is 1. The van der Waals surface area contributed by atoms with Gasteiger partial charge in [0.2, 0.25) is 5.91 Å². The topological polar surface area (TPSA) is 38.3 Å². The van der Waals surface area contributed by atoms with Crippen molar-refractivity contribution in [2.24, 2.45) is 0 Å². The van der Waals surface area contributed by atoms with Crippen LogP contribution in [0, 0.1) is 6.92 Å². The average Bonchev–Trinajstić information content (AvgIpc) is 2.50. The van der Waals surface area contributed by atoms with E-state index < -0.39 is 0 Å². The van der Waals surface area contributed by atoms with Crippen LogP contribution in [0.1, 0.15) is 18.1 Å². The zero-order valence-electron chi connectivity index (χ0n) is 12.3. The van der Waals surface area contributed by atoms with Gasteiger partial charge in [0.25, 0.3) is 0 Å². The molecule has 1 N–H and O–H groups in total. The number of nitrogens with one attached hydrogen (secondary N) is 1. The molecule has 0 saturated carbocycles. The molecule has 21 heavy (non-hydrogen) atoms. The minimum absolute atomic E-state index is 0.157. The highest BCUT2D eigenvalue weighted by Crippen LogP contribution is 2.22. The Bertz CT molecular complexity index is 633. The van der Waals surface area contributed by atoms with Crippen molar-refractivity contribution in [3.8, 4) is 5.75 Å². The largest absolute Gasteiger partial charge is 0.494 e. The molecule has 0 aromatic heterocycles. The molecule has 2 aromatic carbocycles. The van der Waals surface area contributed by atoms with Gasteiger partial charge in [0, 0.05) is 17.8 Å². The highest BCUT2D eigenvalue weighted by atomic mass is 16.5. The van der Waals surface area contributed by atoms with Crippen molar-refractivity contribution in [2.45, 2.75) is 13.8 Å². The second-order valence-electron chi connectivity index (χ2n) is 4.64. The van der Waals surface area contributed by atoms with Gasteiger partial charge >= 0.3 is 0 Å². The Hall–Kier alpha value is -2.55. The molecule has 0 aliphatic rings. The molecular weight excluding hydrogens is 262 g/mol. The minimum atomic E-state index is -0.157. The summed E-state index contributed by atoms with van der Waals surface area (Å²) in [6.45, 7) is 4.48. The Balaban J connectivity index is 2.05. The molecule has 3 heteroatoms. The van der Waals surface area contributed by atoms with Crippen molar-refractivity contribution in [3.05, 3.63) is 65.7 Å². The first-order chi connectivity index (χ1) is 10.2. The number of anilines is 1. The normalized spacial score (nSPS) is 10.6. The van der Waals surface area contributed by atoms with Gasteiger partial charge in [0.05, 0.1) is 6.61 Å². The summed E-state index contributed by atoms with van der Waals surface area (Å²) < 4.78 is 5.44. The number of aryl methyl sites for hydroxylation is 1. The first-order valence-electron chi connectivity index (χ1n) is 6.96. The van der Waals surface area contributed by atoms with Crippen LogP contribution in [-0.4, -0.2) is 12.5 Å². The molecule has 2 aromatic rings. The van der Waals surface area contributed by atoms with Crippen LogP contribution in [0.3, 0.4) is 0 Å². The maximum Gasteiger partial charge on any atom is 0.248 e. The molecular formula is C18H19NO2. The fourth-order valence-electron chi connectivity index (χ4n) is 1.90. The van der Waals surface area contributed by atoms with Gasteiger partial charge in [-0.3, -0.25) is 4.79 Å². The molecule has 108 valence electrons. The Labute approximate surface area is 125 Å². The van der Waals surface area contributed by atoms with Crippen LogP contribution < -0.4 is 10.1 Å². The van der Waals surface area contributed by atoms with Gasteiger partial charge in [0.15, 0.2) is 0 Å². The number of carbonyl (C=O) groups excluding carboxylic acids is 1. The lowest BCUT2D eigenvalue weighted by Gasteiger charge is -2.09. The van der Waals surface area contributed by atoms with Crippen molar-refractivity contribution in [3.63, 3.8) is 0 Å². The lowest BCUT2D eigenvalue weighted by molar-refractivity contribution is -0.111. The highest BCUT2D eigenvalue weighted by molar-refractivity contribution is 6.02. The van der Waals surface area contributed by atoms with E-state index in [1.165, 1.54) is 6.08 Å². The maximum absolute atomic E-state index is 12.0. The van der Waals surface area contributed by atoms with Crippen molar-refractivity contribution in [2.75, 3.05) is 11.9 Å². The number of carbonyl (C=O) groups is 1. The minimum Gasteiger partial charge on any atom is -0.494 e. The average molecular weight is 281 g/mol. The molecule has 0 heterocycles. The maximum atomic E-state index is 12.0. The van der Waals surface area contributed by atoms with Gasteiger partial charge in [0.1, 0.15) is 5.75 Å². The van der Waals surface area contributed by atoms with E-state index in [2.05, 4.69) is 5.32 Å². The van der Waals surface area contributed by atoms with Gasteiger partial charge in [-0.15, -0.1) is 0 Å². The van der Waals surface area contributed by atoms with E-state index in [1.807, 2.05) is 62.4 Å². The van der Waals surface area contributed by atoms with Crippen molar-refractivity contribution in [1.29, 1.82) is 0 Å². The summed E-state index contributed by atoms with van der Waals surface area (Å²) in [6, 6.07) is 15.4. The quantitative estimate of drug-likeness (QED) is 0.840. The first kappa shape index (κ1) is 14.9. The third kappa shape index (κ3) is 4.49. The van der Waals surface area contributed by atoms with E-state index in [1.54, 1.807) is 6.08 Å². The van der Waals surface area contributed by atoms with Crippen LogP contribution in [0.2, 0.25) is 0 Å². The van der Waals surface area contributed by atoms with Crippen molar-refractivity contribution < 1.29 is 9.53 Å². The Morgan fingerprint density at radius 2 is 1.95 bits per heavy atom. The van der Waals surface area contributed by atoms with Crippen molar-refractivity contribution >= 4 is 17.7 Å². The molecule has 2 rings (SSSR count).